The quantitative estimate of drug-likeness (QED) is 0.143. The summed E-state index contributed by atoms with van der Waals surface area (Å²) in [6, 6.07) is 38.6. The van der Waals surface area contributed by atoms with Crippen LogP contribution >= 0.6 is 0 Å². The van der Waals surface area contributed by atoms with Crippen LogP contribution in [0.5, 0.6) is 0 Å². The number of nitriles is 1. The van der Waals surface area contributed by atoms with E-state index in [0.29, 0.717) is 38.8 Å². The molecule has 0 saturated carbocycles. The maximum atomic E-state index is 9.98. The van der Waals surface area contributed by atoms with Crippen molar-refractivity contribution < 1.29 is 24.2 Å². The summed E-state index contributed by atoms with van der Waals surface area (Å²) in [5.41, 5.74) is 5.42. The van der Waals surface area contributed by atoms with Crippen molar-refractivity contribution in [1.29, 1.82) is 5.26 Å². The molecule has 39 heavy (non-hydrogen) atoms. The standard InChI is InChI=1S/C22H13N4.C11H8N.Ir/c1-14-11-12-24-21-16-9-5-6-10-17(16)26-18(13-23)20(25-22(26)19(14)21)15-7-3-2-4-8-15;1-2-6-10(7-3-1)11-8-4-5-9-12-11;/h2-8,10-12H,1H3;1-6,8-9H;/q2*-1;/i1D3;;. The topological polar surface area (TPSA) is 66.9 Å². The molecule has 189 valence electrons. The Balaban J connectivity index is 0.000000228. The van der Waals surface area contributed by atoms with Crippen LogP contribution in [0.3, 0.4) is 0 Å². The minimum absolute atomic E-state index is 0. The Bertz CT molecular complexity index is 2000. The van der Waals surface area contributed by atoms with E-state index >= 15 is 0 Å². The van der Waals surface area contributed by atoms with Gasteiger partial charge in [0.1, 0.15) is 23.1 Å². The Morgan fingerprint density at radius 2 is 1.67 bits per heavy atom. The number of hydrogen-bond acceptors (Lipinski definition) is 4. The first-order valence-corrected chi connectivity index (χ1v) is 11.9. The average Bonchev–Trinajstić information content (AvgIpc) is 3.42. The molecule has 0 atom stereocenters. The van der Waals surface area contributed by atoms with Crippen molar-refractivity contribution in [3.8, 4) is 28.6 Å². The average molecular weight is 683 g/mol. The molecule has 3 aromatic carbocycles. The van der Waals surface area contributed by atoms with Gasteiger partial charge in [-0.1, -0.05) is 42.5 Å². The normalized spacial score (nSPS) is 11.9. The van der Waals surface area contributed by atoms with Gasteiger partial charge in [0.2, 0.25) is 0 Å². The molecule has 0 bridgehead atoms. The molecule has 0 saturated heterocycles. The van der Waals surface area contributed by atoms with Crippen molar-refractivity contribution in [2.75, 3.05) is 0 Å². The van der Waals surface area contributed by atoms with Gasteiger partial charge in [0.15, 0.2) is 0 Å². The van der Waals surface area contributed by atoms with Gasteiger partial charge in [-0.15, -0.1) is 65.5 Å². The summed E-state index contributed by atoms with van der Waals surface area (Å²) in [4.78, 5) is 13.4. The minimum Gasteiger partial charge on any atom is -0.326 e. The molecule has 6 heteroatoms. The molecule has 7 aromatic rings. The van der Waals surface area contributed by atoms with Crippen molar-refractivity contribution in [2.24, 2.45) is 0 Å². The second kappa shape index (κ2) is 11.4. The monoisotopic (exact) mass is 683 g/mol. The van der Waals surface area contributed by atoms with E-state index in [2.05, 4.69) is 28.2 Å². The number of hydrogen-bond donors (Lipinski definition) is 0. The SMILES string of the molecule is [2H]C([2H])([2H])c1ccnc2c3[c-]cccc3n3c(C#N)c(-c4ccccc4)nc3c12.[Ir].[c-]1ccccc1-c1ccccn1. The number of imidazole rings is 1. The first-order valence-electron chi connectivity index (χ1n) is 13.4. The third-order valence-electron chi connectivity index (χ3n) is 6.17. The van der Waals surface area contributed by atoms with Gasteiger partial charge < -0.3 is 14.4 Å². The molecule has 4 aromatic heterocycles. The van der Waals surface area contributed by atoms with E-state index in [1.165, 1.54) is 12.3 Å². The van der Waals surface area contributed by atoms with Gasteiger partial charge in [-0.2, -0.15) is 5.26 Å². The smallest absolute Gasteiger partial charge is 0.144 e. The first-order chi connectivity index (χ1) is 20.0. The Hall–Kier alpha value is -4.69. The van der Waals surface area contributed by atoms with Crippen molar-refractivity contribution in [2.45, 2.75) is 6.85 Å². The van der Waals surface area contributed by atoms with Gasteiger partial charge in [0, 0.05) is 53.1 Å². The number of rotatable bonds is 2. The van der Waals surface area contributed by atoms with Gasteiger partial charge in [-0.3, -0.25) is 0 Å². The van der Waals surface area contributed by atoms with Crippen molar-refractivity contribution >= 4 is 27.5 Å². The van der Waals surface area contributed by atoms with Gasteiger partial charge in [-0.25, -0.2) is 4.98 Å². The molecule has 4 heterocycles. The zero-order valence-corrected chi connectivity index (χ0v) is 22.9. The minimum atomic E-state index is -2.35. The van der Waals surface area contributed by atoms with E-state index in [0.717, 1.165) is 16.8 Å². The summed E-state index contributed by atoms with van der Waals surface area (Å²) < 4.78 is 25.7. The molecule has 0 aliphatic rings. The third-order valence-corrected chi connectivity index (χ3v) is 6.17. The summed E-state index contributed by atoms with van der Waals surface area (Å²) in [5.74, 6) is 0. The van der Waals surface area contributed by atoms with E-state index in [1.54, 1.807) is 16.7 Å². The number of pyridine rings is 3. The van der Waals surface area contributed by atoms with Crippen LogP contribution in [0.1, 0.15) is 15.4 Å². The largest absolute Gasteiger partial charge is 0.326 e. The summed E-state index contributed by atoms with van der Waals surface area (Å²) in [6.07, 6.45) is 3.28. The van der Waals surface area contributed by atoms with Crippen LogP contribution in [0, 0.1) is 30.3 Å². The van der Waals surface area contributed by atoms with Gasteiger partial charge in [-0.05, 0) is 35.8 Å². The van der Waals surface area contributed by atoms with E-state index in [4.69, 9.17) is 9.10 Å². The fourth-order valence-electron chi connectivity index (χ4n) is 4.48. The van der Waals surface area contributed by atoms with Crippen LogP contribution in [0.15, 0.2) is 109 Å². The molecule has 0 spiro atoms. The van der Waals surface area contributed by atoms with Gasteiger partial charge in [0.05, 0.1) is 0 Å². The van der Waals surface area contributed by atoms with Crippen molar-refractivity contribution in [1.82, 2.24) is 19.4 Å². The Morgan fingerprint density at radius 1 is 0.846 bits per heavy atom. The van der Waals surface area contributed by atoms with E-state index in [-0.39, 0.29) is 25.7 Å². The fourth-order valence-corrected chi connectivity index (χ4v) is 4.48. The van der Waals surface area contributed by atoms with Crippen LogP contribution in [0.4, 0.5) is 0 Å². The van der Waals surface area contributed by atoms with E-state index in [9.17, 15) is 5.26 Å². The Kier molecular flexibility index (Phi) is 6.50. The van der Waals surface area contributed by atoms with E-state index in [1.807, 2.05) is 84.9 Å². The summed E-state index contributed by atoms with van der Waals surface area (Å²) in [5, 5.41) is 11.0. The Morgan fingerprint density at radius 3 is 2.41 bits per heavy atom. The van der Waals surface area contributed by atoms with Crippen LogP contribution in [0.25, 0.3) is 50.0 Å². The number of aryl methyl sites for hydroxylation is 1. The molecular formula is C33H21IrN5-2. The zero-order chi connectivity index (χ0) is 28.4. The van der Waals surface area contributed by atoms with Crippen LogP contribution in [0.2, 0.25) is 0 Å². The molecule has 0 aliphatic carbocycles. The molecule has 0 aliphatic heterocycles. The molecule has 0 N–H and O–H groups in total. The number of aromatic nitrogens is 4. The second-order valence-electron chi connectivity index (χ2n) is 8.45. The van der Waals surface area contributed by atoms with E-state index < -0.39 is 6.85 Å². The van der Waals surface area contributed by atoms with Crippen molar-refractivity contribution in [3.63, 3.8) is 0 Å². The fraction of sp³-hybridized carbons (Fsp3) is 0.0303. The summed E-state index contributed by atoms with van der Waals surface area (Å²) in [7, 11) is 0. The molecule has 0 amide bonds. The number of fused-ring (bicyclic) bond motifs is 6. The van der Waals surface area contributed by atoms with Crippen molar-refractivity contribution in [3.05, 3.63) is 133 Å². The summed E-state index contributed by atoms with van der Waals surface area (Å²) in [6.45, 7) is -2.35. The van der Waals surface area contributed by atoms with Gasteiger partial charge >= 0.3 is 0 Å². The molecule has 7 rings (SSSR count). The maximum Gasteiger partial charge on any atom is 0.144 e. The first kappa shape index (κ1) is 22.3. The predicted octanol–water partition coefficient (Wildman–Crippen LogP) is 7.23. The maximum absolute atomic E-state index is 9.98. The number of benzene rings is 3. The second-order valence-corrected chi connectivity index (χ2v) is 8.45. The van der Waals surface area contributed by atoms with Gasteiger partial charge in [0.25, 0.3) is 0 Å². The Labute approximate surface area is 244 Å². The predicted molar refractivity (Wildman–Crippen MR) is 150 cm³/mol. The molecule has 0 unspecified atom stereocenters. The molecular weight excluding hydrogens is 659 g/mol. The third kappa shape index (κ3) is 4.82. The number of nitrogens with zero attached hydrogens (tertiary/aromatic N) is 5. The zero-order valence-electron chi connectivity index (χ0n) is 23.5. The van der Waals surface area contributed by atoms with Crippen LogP contribution in [-0.4, -0.2) is 19.4 Å². The molecule has 0 fully saturated rings. The van der Waals surface area contributed by atoms with Crippen LogP contribution < -0.4 is 0 Å². The molecule has 1 radical (unpaired) electrons. The van der Waals surface area contributed by atoms with Crippen LogP contribution in [-0.2, 0) is 20.1 Å². The molecule has 5 nitrogen and oxygen atoms in total. The summed E-state index contributed by atoms with van der Waals surface area (Å²) >= 11 is 0.